The summed E-state index contributed by atoms with van der Waals surface area (Å²) in [6, 6.07) is 0.313. The summed E-state index contributed by atoms with van der Waals surface area (Å²) < 4.78 is 26.0. The maximum Gasteiger partial charge on any atom is 0.248 e. The van der Waals surface area contributed by atoms with Crippen molar-refractivity contribution >= 4 is 5.91 Å². The zero-order valence-electron chi connectivity index (χ0n) is 11.3. The predicted molar refractivity (Wildman–Crippen MR) is 69.8 cm³/mol. The maximum atomic E-state index is 13.0. The fourth-order valence-electron chi connectivity index (χ4n) is 3.08. The molecule has 0 aliphatic heterocycles. The van der Waals surface area contributed by atoms with Crippen molar-refractivity contribution in [2.45, 2.75) is 63.3 Å². The third kappa shape index (κ3) is 4.41. The molecular formula is C14H24F2N2O. The van der Waals surface area contributed by atoms with Crippen LogP contribution >= 0.6 is 0 Å². The highest BCUT2D eigenvalue weighted by Crippen LogP contribution is 2.36. The first-order valence-electron chi connectivity index (χ1n) is 7.37. The molecule has 0 spiro atoms. The van der Waals surface area contributed by atoms with Gasteiger partial charge in [-0.15, -0.1) is 0 Å². The molecule has 2 aliphatic carbocycles. The number of carbonyl (C=O) groups is 1. The molecule has 0 aromatic rings. The minimum Gasteiger partial charge on any atom is -0.356 e. The minimum atomic E-state index is -2.56. The van der Waals surface area contributed by atoms with Crippen LogP contribution in [0.2, 0.25) is 0 Å². The molecule has 0 aromatic carbocycles. The molecule has 2 aliphatic rings. The van der Waals surface area contributed by atoms with Gasteiger partial charge in [-0.25, -0.2) is 8.78 Å². The van der Waals surface area contributed by atoms with Gasteiger partial charge in [-0.2, -0.15) is 0 Å². The van der Waals surface area contributed by atoms with E-state index in [1.807, 2.05) is 0 Å². The van der Waals surface area contributed by atoms with Gasteiger partial charge in [-0.1, -0.05) is 0 Å². The number of carbonyl (C=O) groups excluding carboxylic acids is 1. The summed E-state index contributed by atoms with van der Waals surface area (Å²) in [7, 11) is 0. The fraction of sp³-hybridized carbons (Fsp3) is 0.929. The summed E-state index contributed by atoms with van der Waals surface area (Å²) in [6.07, 6.45) is 4.50. The molecule has 110 valence electrons. The lowest BCUT2D eigenvalue weighted by Gasteiger charge is -2.29. The molecule has 0 saturated heterocycles. The average Bonchev–Trinajstić information content (AvgIpc) is 2.37. The summed E-state index contributed by atoms with van der Waals surface area (Å²) in [5.41, 5.74) is 5.84. The van der Waals surface area contributed by atoms with E-state index in [4.69, 9.17) is 5.73 Å². The second kappa shape index (κ2) is 6.16. The molecule has 0 bridgehead atoms. The van der Waals surface area contributed by atoms with Crippen LogP contribution in [0, 0.1) is 11.8 Å². The van der Waals surface area contributed by atoms with E-state index in [1.54, 1.807) is 0 Å². The highest BCUT2D eigenvalue weighted by Gasteiger charge is 2.37. The zero-order chi connectivity index (χ0) is 13.9. The Morgan fingerprint density at radius 1 is 1.11 bits per heavy atom. The Labute approximate surface area is 113 Å². The number of alkyl halides is 2. The molecular weight excluding hydrogens is 250 g/mol. The van der Waals surface area contributed by atoms with Crippen LogP contribution in [0.4, 0.5) is 8.78 Å². The molecule has 1 amide bonds. The van der Waals surface area contributed by atoms with Crippen LogP contribution in [0.5, 0.6) is 0 Å². The van der Waals surface area contributed by atoms with Crippen LogP contribution in [-0.4, -0.2) is 24.4 Å². The Balaban J connectivity index is 1.67. The average molecular weight is 274 g/mol. The summed E-state index contributed by atoms with van der Waals surface area (Å²) in [6.45, 7) is 0.679. The number of rotatable bonds is 3. The standard InChI is InChI=1S/C14H24F2N2O/c15-14(16)7-5-11(6-8-14)13(19)18-9-10-1-3-12(17)4-2-10/h10-12H,1-9,17H2,(H,18,19). The van der Waals surface area contributed by atoms with Crippen molar-refractivity contribution in [3.63, 3.8) is 0 Å². The Morgan fingerprint density at radius 3 is 2.26 bits per heavy atom. The van der Waals surface area contributed by atoms with E-state index in [-0.39, 0.29) is 24.7 Å². The highest BCUT2D eigenvalue weighted by atomic mass is 19.3. The summed E-state index contributed by atoms with van der Waals surface area (Å²) >= 11 is 0. The molecule has 2 fully saturated rings. The number of nitrogens with two attached hydrogens (primary N) is 1. The van der Waals surface area contributed by atoms with Crippen molar-refractivity contribution < 1.29 is 13.6 Å². The van der Waals surface area contributed by atoms with E-state index in [9.17, 15) is 13.6 Å². The van der Waals surface area contributed by atoms with Gasteiger partial charge in [0.1, 0.15) is 0 Å². The van der Waals surface area contributed by atoms with Crippen molar-refractivity contribution in [1.29, 1.82) is 0 Å². The Morgan fingerprint density at radius 2 is 1.68 bits per heavy atom. The van der Waals surface area contributed by atoms with Gasteiger partial charge in [0, 0.05) is 31.3 Å². The lowest BCUT2D eigenvalue weighted by atomic mass is 9.85. The van der Waals surface area contributed by atoms with E-state index in [0.29, 0.717) is 31.3 Å². The molecule has 0 unspecified atom stereocenters. The lowest BCUT2D eigenvalue weighted by molar-refractivity contribution is -0.129. The number of halogens is 2. The smallest absolute Gasteiger partial charge is 0.248 e. The van der Waals surface area contributed by atoms with E-state index in [2.05, 4.69) is 5.32 Å². The quantitative estimate of drug-likeness (QED) is 0.830. The van der Waals surface area contributed by atoms with Gasteiger partial charge in [0.25, 0.3) is 0 Å². The van der Waals surface area contributed by atoms with Crippen molar-refractivity contribution in [1.82, 2.24) is 5.32 Å². The van der Waals surface area contributed by atoms with Gasteiger partial charge >= 0.3 is 0 Å². The Kier molecular flexibility index (Phi) is 4.76. The van der Waals surface area contributed by atoms with Gasteiger partial charge in [-0.05, 0) is 44.4 Å². The second-order valence-electron chi connectivity index (χ2n) is 6.16. The first-order chi connectivity index (χ1) is 8.96. The van der Waals surface area contributed by atoms with Gasteiger partial charge in [0.05, 0.1) is 0 Å². The second-order valence-corrected chi connectivity index (χ2v) is 6.16. The topological polar surface area (TPSA) is 55.1 Å². The number of nitrogens with one attached hydrogen (secondary N) is 1. The Hall–Kier alpha value is -0.710. The van der Waals surface area contributed by atoms with E-state index < -0.39 is 5.92 Å². The molecule has 0 atom stereocenters. The molecule has 3 nitrogen and oxygen atoms in total. The molecule has 19 heavy (non-hydrogen) atoms. The van der Waals surface area contributed by atoms with Gasteiger partial charge in [0.15, 0.2) is 0 Å². The van der Waals surface area contributed by atoms with Crippen molar-refractivity contribution in [2.24, 2.45) is 17.6 Å². The summed E-state index contributed by atoms with van der Waals surface area (Å²) in [5, 5.41) is 2.94. The monoisotopic (exact) mass is 274 g/mol. The van der Waals surface area contributed by atoms with Crippen molar-refractivity contribution in [3.05, 3.63) is 0 Å². The number of amides is 1. The van der Waals surface area contributed by atoms with Crippen LogP contribution < -0.4 is 11.1 Å². The van der Waals surface area contributed by atoms with Gasteiger partial charge in [0.2, 0.25) is 11.8 Å². The van der Waals surface area contributed by atoms with Crippen LogP contribution in [0.25, 0.3) is 0 Å². The zero-order valence-corrected chi connectivity index (χ0v) is 11.3. The van der Waals surface area contributed by atoms with Gasteiger partial charge in [-0.3, -0.25) is 4.79 Å². The molecule has 3 N–H and O–H groups in total. The first-order valence-corrected chi connectivity index (χ1v) is 7.37. The first kappa shape index (κ1) is 14.7. The van der Waals surface area contributed by atoms with E-state index in [0.717, 1.165) is 25.7 Å². The maximum absolute atomic E-state index is 13.0. The molecule has 0 radical (unpaired) electrons. The van der Waals surface area contributed by atoms with Gasteiger partial charge < -0.3 is 11.1 Å². The third-order valence-corrected chi connectivity index (χ3v) is 4.54. The summed E-state index contributed by atoms with van der Waals surface area (Å²) in [4.78, 5) is 11.9. The highest BCUT2D eigenvalue weighted by molar-refractivity contribution is 5.78. The molecule has 5 heteroatoms. The van der Waals surface area contributed by atoms with Crippen LogP contribution in [0.3, 0.4) is 0 Å². The third-order valence-electron chi connectivity index (χ3n) is 4.54. The molecule has 2 rings (SSSR count). The largest absolute Gasteiger partial charge is 0.356 e. The number of hydrogen-bond donors (Lipinski definition) is 2. The Bertz CT molecular complexity index is 305. The fourth-order valence-corrected chi connectivity index (χ4v) is 3.08. The molecule has 2 saturated carbocycles. The lowest BCUT2D eigenvalue weighted by Crippen LogP contribution is -2.39. The van der Waals surface area contributed by atoms with E-state index in [1.165, 1.54) is 0 Å². The van der Waals surface area contributed by atoms with Crippen molar-refractivity contribution in [3.8, 4) is 0 Å². The minimum absolute atomic E-state index is 0.0367. The SMILES string of the molecule is NC1CCC(CNC(=O)C2CCC(F)(F)CC2)CC1. The van der Waals surface area contributed by atoms with Crippen LogP contribution in [-0.2, 0) is 4.79 Å². The van der Waals surface area contributed by atoms with Crippen LogP contribution in [0.15, 0.2) is 0 Å². The summed E-state index contributed by atoms with van der Waals surface area (Å²) in [5.74, 6) is -2.30. The predicted octanol–water partition coefficient (Wildman–Crippen LogP) is 2.45. The van der Waals surface area contributed by atoms with E-state index >= 15 is 0 Å². The van der Waals surface area contributed by atoms with Crippen molar-refractivity contribution in [2.75, 3.05) is 6.54 Å². The molecule has 0 aromatic heterocycles. The normalized spacial score (nSPS) is 31.9. The van der Waals surface area contributed by atoms with Crippen LogP contribution in [0.1, 0.15) is 51.4 Å². The number of hydrogen-bond acceptors (Lipinski definition) is 2. The molecule has 0 heterocycles.